The molecule has 0 unspecified atom stereocenters. The number of hydrogen-bond donors (Lipinski definition) is 2. The second-order valence-corrected chi connectivity index (χ2v) is 4.84. The summed E-state index contributed by atoms with van der Waals surface area (Å²) in [5, 5.41) is 16.1. The summed E-state index contributed by atoms with van der Waals surface area (Å²) in [6.45, 7) is 0.908. The average molecular weight is 287 g/mol. The Labute approximate surface area is 119 Å². The number of nitrogens with two attached hydrogens (primary N) is 1. The molecule has 2 heterocycles. The minimum Gasteiger partial charge on any atom is -0.476 e. The molecular formula is C13H13N5O3. The predicted molar refractivity (Wildman–Crippen MR) is 72.8 cm³/mol. The zero-order chi connectivity index (χ0) is 15.0. The molecule has 1 aromatic carbocycles. The standard InChI is InChI=1S/C13H13N5O3/c14-10-4-2-1-3-9(10)12(19)17-5-8(6-17)18-7-11(13(20)21)15-16-18/h1-4,7-8H,5-6,14H2,(H,20,21). The monoisotopic (exact) mass is 287 g/mol. The third-order valence-corrected chi connectivity index (χ3v) is 3.44. The number of rotatable bonds is 3. The van der Waals surface area contributed by atoms with Crippen LogP contribution in [0.5, 0.6) is 0 Å². The van der Waals surface area contributed by atoms with Gasteiger partial charge in [-0.1, -0.05) is 17.3 Å². The van der Waals surface area contributed by atoms with E-state index in [0.29, 0.717) is 24.3 Å². The molecule has 1 fully saturated rings. The molecule has 1 amide bonds. The van der Waals surface area contributed by atoms with Gasteiger partial charge in [-0.25, -0.2) is 9.48 Å². The first kappa shape index (κ1) is 13.1. The van der Waals surface area contributed by atoms with Crippen LogP contribution in [0.3, 0.4) is 0 Å². The van der Waals surface area contributed by atoms with Crippen LogP contribution in [0.1, 0.15) is 26.9 Å². The van der Waals surface area contributed by atoms with Gasteiger partial charge in [0.1, 0.15) is 0 Å². The van der Waals surface area contributed by atoms with Gasteiger partial charge in [0.05, 0.1) is 17.8 Å². The van der Waals surface area contributed by atoms with Crippen molar-refractivity contribution in [1.29, 1.82) is 0 Å². The predicted octanol–water partition coefficient (Wildman–Crippen LogP) is 0.256. The molecule has 0 atom stereocenters. The van der Waals surface area contributed by atoms with Crippen LogP contribution in [0.15, 0.2) is 30.5 Å². The van der Waals surface area contributed by atoms with Crippen molar-refractivity contribution in [3.63, 3.8) is 0 Å². The Balaban J connectivity index is 1.66. The quantitative estimate of drug-likeness (QED) is 0.782. The molecule has 0 saturated carbocycles. The molecule has 0 bridgehead atoms. The molecule has 8 heteroatoms. The normalized spacial score (nSPS) is 14.8. The molecule has 1 aromatic heterocycles. The van der Waals surface area contributed by atoms with Crippen molar-refractivity contribution in [3.05, 3.63) is 41.7 Å². The SMILES string of the molecule is Nc1ccccc1C(=O)N1CC(n2cc(C(=O)O)nn2)C1. The number of carboxylic acid groups (broad SMARTS) is 1. The molecule has 0 radical (unpaired) electrons. The number of amides is 1. The van der Waals surface area contributed by atoms with Gasteiger partial charge in [-0.3, -0.25) is 4.79 Å². The fourth-order valence-electron chi connectivity index (χ4n) is 2.20. The smallest absolute Gasteiger partial charge is 0.358 e. The lowest BCUT2D eigenvalue weighted by Crippen LogP contribution is -2.51. The summed E-state index contributed by atoms with van der Waals surface area (Å²) in [7, 11) is 0. The Morgan fingerprint density at radius 1 is 1.29 bits per heavy atom. The van der Waals surface area contributed by atoms with Crippen molar-refractivity contribution < 1.29 is 14.7 Å². The molecule has 21 heavy (non-hydrogen) atoms. The van der Waals surface area contributed by atoms with Crippen molar-refractivity contribution >= 4 is 17.6 Å². The van der Waals surface area contributed by atoms with Gasteiger partial charge in [0, 0.05) is 18.8 Å². The molecular weight excluding hydrogens is 274 g/mol. The van der Waals surface area contributed by atoms with Crippen molar-refractivity contribution in [2.45, 2.75) is 6.04 Å². The Bertz CT molecular complexity index is 705. The van der Waals surface area contributed by atoms with Gasteiger partial charge in [-0.05, 0) is 12.1 Å². The summed E-state index contributed by atoms with van der Waals surface area (Å²) < 4.78 is 1.47. The van der Waals surface area contributed by atoms with E-state index in [1.54, 1.807) is 29.2 Å². The van der Waals surface area contributed by atoms with Gasteiger partial charge in [0.25, 0.3) is 5.91 Å². The van der Waals surface area contributed by atoms with Crippen LogP contribution in [0.4, 0.5) is 5.69 Å². The number of carboxylic acids is 1. The second kappa shape index (κ2) is 4.89. The lowest BCUT2D eigenvalue weighted by Gasteiger charge is -2.39. The van der Waals surface area contributed by atoms with Crippen LogP contribution in [0.2, 0.25) is 0 Å². The zero-order valence-corrected chi connectivity index (χ0v) is 11.0. The first-order valence-electron chi connectivity index (χ1n) is 6.35. The summed E-state index contributed by atoms with van der Waals surface area (Å²) in [6.07, 6.45) is 1.37. The fraction of sp³-hybridized carbons (Fsp3) is 0.231. The van der Waals surface area contributed by atoms with Gasteiger partial charge in [-0.2, -0.15) is 0 Å². The number of anilines is 1. The lowest BCUT2D eigenvalue weighted by molar-refractivity contribution is 0.0498. The number of carbonyl (C=O) groups is 2. The highest BCUT2D eigenvalue weighted by Crippen LogP contribution is 2.24. The van der Waals surface area contributed by atoms with Gasteiger partial charge in [-0.15, -0.1) is 5.10 Å². The number of benzene rings is 1. The van der Waals surface area contributed by atoms with Crippen molar-refractivity contribution in [2.75, 3.05) is 18.8 Å². The number of hydrogen-bond acceptors (Lipinski definition) is 5. The summed E-state index contributed by atoms with van der Waals surface area (Å²) in [5.41, 5.74) is 6.59. The molecule has 3 N–H and O–H groups in total. The number of aromatic carboxylic acids is 1. The van der Waals surface area contributed by atoms with Gasteiger partial charge in [0.2, 0.25) is 0 Å². The minimum atomic E-state index is -1.12. The highest BCUT2D eigenvalue weighted by atomic mass is 16.4. The molecule has 2 aromatic rings. The Morgan fingerprint density at radius 2 is 2.00 bits per heavy atom. The summed E-state index contributed by atoms with van der Waals surface area (Å²) in [5.74, 6) is -1.26. The van der Waals surface area contributed by atoms with Crippen molar-refractivity contribution in [2.24, 2.45) is 0 Å². The van der Waals surface area contributed by atoms with E-state index in [4.69, 9.17) is 10.8 Å². The molecule has 8 nitrogen and oxygen atoms in total. The van der Waals surface area contributed by atoms with E-state index in [1.165, 1.54) is 10.9 Å². The Kier molecular flexibility index (Phi) is 3.05. The van der Waals surface area contributed by atoms with Gasteiger partial charge < -0.3 is 15.7 Å². The summed E-state index contributed by atoms with van der Waals surface area (Å²) >= 11 is 0. The summed E-state index contributed by atoms with van der Waals surface area (Å²) in [4.78, 5) is 24.6. The van der Waals surface area contributed by atoms with Crippen LogP contribution < -0.4 is 5.73 Å². The van der Waals surface area contributed by atoms with E-state index in [0.717, 1.165) is 0 Å². The van der Waals surface area contributed by atoms with E-state index in [2.05, 4.69) is 10.3 Å². The van der Waals surface area contributed by atoms with E-state index in [1.807, 2.05) is 0 Å². The number of aromatic nitrogens is 3. The van der Waals surface area contributed by atoms with Crippen LogP contribution in [0, 0.1) is 0 Å². The maximum Gasteiger partial charge on any atom is 0.358 e. The molecule has 1 saturated heterocycles. The highest BCUT2D eigenvalue weighted by molar-refractivity contribution is 5.99. The van der Waals surface area contributed by atoms with E-state index in [-0.39, 0.29) is 17.6 Å². The van der Waals surface area contributed by atoms with Gasteiger partial charge >= 0.3 is 5.97 Å². The first-order chi connectivity index (χ1) is 10.1. The number of carbonyl (C=O) groups excluding carboxylic acids is 1. The maximum absolute atomic E-state index is 12.2. The van der Waals surface area contributed by atoms with E-state index < -0.39 is 5.97 Å². The topological polar surface area (TPSA) is 114 Å². The molecule has 1 aliphatic rings. The van der Waals surface area contributed by atoms with Crippen LogP contribution in [-0.4, -0.2) is 50.0 Å². The number of nitrogens with zero attached hydrogens (tertiary/aromatic N) is 4. The number of likely N-dealkylation sites (tertiary alicyclic amines) is 1. The molecule has 108 valence electrons. The number of para-hydroxylation sites is 1. The Hall–Kier alpha value is -2.90. The largest absolute Gasteiger partial charge is 0.476 e. The third kappa shape index (κ3) is 2.31. The van der Waals surface area contributed by atoms with Crippen molar-refractivity contribution in [1.82, 2.24) is 19.9 Å². The average Bonchev–Trinajstić information content (AvgIpc) is 2.87. The van der Waals surface area contributed by atoms with Crippen molar-refractivity contribution in [3.8, 4) is 0 Å². The fourth-order valence-corrected chi connectivity index (χ4v) is 2.20. The van der Waals surface area contributed by atoms with E-state index >= 15 is 0 Å². The van der Waals surface area contributed by atoms with Crippen LogP contribution in [-0.2, 0) is 0 Å². The molecule has 0 aliphatic carbocycles. The first-order valence-corrected chi connectivity index (χ1v) is 6.35. The third-order valence-electron chi connectivity index (χ3n) is 3.44. The van der Waals surface area contributed by atoms with Crippen LogP contribution in [0.25, 0.3) is 0 Å². The van der Waals surface area contributed by atoms with Gasteiger partial charge in [0.15, 0.2) is 5.69 Å². The Morgan fingerprint density at radius 3 is 2.62 bits per heavy atom. The second-order valence-electron chi connectivity index (χ2n) is 4.84. The van der Waals surface area contributed by atoms with E-state index in [9.17, 15) is 9.59 Å². The zero-order valence-electron chi connectivity index (χ0n) is 11.0. The lowest BCUT2D eigenvalue weighted by atomic mass is 10.1. The van der Waals surface area contributed by atoms with Crippen LogP contribution >= 0.6 is 0 Å². The molecule has 1 aliphatic heterocycles. The maximum atomic E-state index is 12.2. The summed E-state index contributed by atoms with van der Waals surface area (Å²) in [6, 6.07) is 6.84. The molecule has 3 rings (SSSR count). The number of nitrogen functional groups attached to an aromatic ring is 1. The minimum absolute atomic E-state index is 0.0560. The highest BCUT2D eigenvalue weighted by Gasteiger charge is 2.34. The molecule has 0 spiro atoms.